The van der Waals surface area contributed by atoms with Gasteiger partial charge in [0.2, 0.25) is 5.91 Å². The molecule has 1 heterocycles. The van der Waals surface area contributed by atoms with E-state index in [1.165, 1.54) is 13.2 Å². The number of pyridine rings is 1. The number of rotatable bonds is 7. The van der Waals surface area contributed by atoms with Gasteiger partial charge in [0.15, 0.2) is 11.6 Å². The summed E-state index contributed by atoms with van der Waals surface area (Å²) in [6, 6.07) is 19.7. The van der Waals surface area contributed by atoms with Gasteiger partial charge in [0.05, 0.1) is 18.8 Å². The molecule has 0 saturated heterocycles. The van der Waals surface area contributed by atoms with Crippen LogP contribution >= 0.6 is 0 Å². The maximum atomic E-state index is 13.8. The molecule has 0 saturated carbocycles. The lowest BCUT2D eigenvalue weighted by atomic mass is 10.0. The standard InChI is InChI=1S/C22H21FN2O2/c1-27-20-12-10-16(15-18(20)23)11-13-21(26)25-22(17-7-3-2-4-8-17)19-9-5-6-14-24-19/h2-10,12,14-15,22H,11,13H2,1H3,(H,25,26). The van der Waals surface area contributed by atoms with Crippen molar-refractivity contribution in [3.63, 3.8) is 0 Å². The molecule has 138 valence electrons. The lowest BCUT2D eigenvalue weighted by molar-refractivity contribution is -0.121. The fourth-order valence-electron chi connectivity index (χ4n) is 2.88. The minimum atomic E-state index is -0.425. The van der Waals surface area contributed by atoms with Gasteiger partial charge in [-0.15, -0.1) is 0 Å². The number of amides is 1. The van der Waals surface area contributed by atoms with E-state index < -0.39 is 5.82 Å². The summed E-state index contributed by atoms with van der Waals surface area (Å²) in [7, 11) is 1.42. The highest BCUT2D eigenvalue weighted by Crippen LogP contribution is 2.21. The summed E-state index contributed by atoms with van der Waals surface area (Å²) in [6.45, 7) is 0. The summed E-state index contributed by atoms with van der Waals surface area (Å²) in [5, 5.41) is 3.04. The third kappa shape index (κ3) is 4.91. The Kier molecular flexibility index (Phi) is 6.15. The van der Waals surface area contributed by atoms with Crippen LogP contribution in [0.1, 0.15) is 29.3 Å². The number of aromatic nitrogens is 1. The molecule has 27 heavy (non-hydrogen) atoms. The van der Waals surface area contributed by atoms with E-state index in [1.807, 2.05) is 48.5 Å². The Bertz CT molecular complexity index is 846. The minimum Gasteiger partial charge on any atom is -0.494 e. The van der Waals surface area contributed by atoms with Crippen molar-refractivity contribution >= 4 is 5.91 Å². The van der Waals surface area contributed by atoms with Gasteiger partial charge in [-0.1, -0.05) is 42.5 Å². The van der Waals surface area contributed by atoms with Crippen molar-refractivity contribution in [3.8, 4) is 5.75 Å². The summed E-state index contributed by atoms with van der Waals surface area (Å²) in [4.78, 5) is 16.9. The third-order valence-electron chi connectivity index (χ3n) is 4.28. The van der Waals surface area contributed by atoms with E-state index >= 15 is 0 Å². The molecule has 4 nitrogen and oxygen atoms in total. The topological polar surface area (TPSA) is 51.2 Å². The number of halogens is 1. The summed E-state index contributed by atoms with van der Waals surface area (Å²) < 4.78 is 18.7. The van der Waals surface area contributed by atoms with E-state index in [0.29, 0.717) is 6.42 Å². The van der Waals surface area contributed by atoms with Gasteiger partial charge in [-0.25, -0.2) is 4.39 Å². The van der Waals surface area contributed by atoms with Crippen LogP contribution in [0.3, 0.4) is 0 Å². The highest BCUT2D eigenvalue weighted by Gasteiger charge is 2.17. The largest absolute Gasteiger partial charge is 0.494 e. The molecule has 2 aromatic carbocycles. The zero-order valence-electron chi connectivity index (χ0n) is 15.1. The Morgan fingerprint density at radius 2 is 1.89 bits per heavy atom. The van der Waals surface area contributed by atoms with Crippen molar-refractivity contribution in [2.75, 3.05) is 7.11 Å². The van der Waals surface area contributed by atoms with Crippen molar-refractivity contribution in [3.05, 3.63) is 95.6 Å². The molecule has 0 fully saturated rings. The molecule has 5 heteroatoms. The van der Waals surface area contributed by atoms with Crippen LogP contribution < -0.4 is 10.1 Å². The third-order valence-corrected chi connectivity index (χ3v) is 4.28. The monoisotopic (exact) mass is 364 g/mol. The number of nitrogens with zero attached hydrogens (tertiary/aromatic N) is 1. The number of ether oxygens (including phenoxy) is 1. The Morgan fingerprint density at radius 3 is 2.56 bits per heavy atom. The molecule has 1 N–H and O–H groups in total. The van der Waals surface area contributed by atoms with E-state index in [-0.39, 0.29) is 24.1 Å². The molecule has 1 atom stereocenters. The Balaban J connectivity index is 1.69. The lowest BCUT2D eigenvalue weighted by Crippen LogP contribution is -2.30. The van der Waals surface area contributed by atoms with Gasteiger partial charge >= 0.3 is 0 Å². The molecule has 1 aromatic heterocycles. The Labute approximate surface area is 158 Å². The molecule has 0 radical (unpaired) electrons. The summed E-state index contributed by atoms with van der Waals surface area (Å²) in [6.07, 6.45) is 2.40. The summed E-state index contributed by atoms with van der Waals surface area (Å²) >= 11 is 0. The molecule has 3 rings (SSSR count). The number of hydrogen-bond acceptors (Lipinski definition) is 3. The summed E-state index contributed by atoms with van der Waals surface area (Å²) in [5.74, 6) is -0.348. The van der Waals surface area contributed by atoms with Gasteiger partial charge in [0, 0.05) is 12.6 Å². The molecule has 1 unspecified atom stereocenters. The number of aryl methyl sites for hydroxylation is 1. The second-order valence-electron chi connectivity index (χ2n) is 6.13. The maximum Gasteiger partial charge on any atom is 0.221 e. The van der Waals surface area contributed by atoms with E-state index in [4.69, 9.17) is 4.74 Å². The van der Waals surface area contributed by atoms with Crippen LogP contribution in [0.5, 0.6) is 5.75 Å². The van der Waals surface area contributed by atoms with Crippen molar-refractivity contribution in [2.24, 2.45) is 0 Å². The zero-order chi connectivity index (χ0) is 19.1. The van der Waals surface area contributed by atoms with E-state index in [0.717, 1.165) is 16.8 Å². The average molecular weight is 364 g/mol. The number of carbonyl (C=O) groups excluding carboxylic acids is 1. The second-order valence-corrected chi connectivity index (χ2v) is 6.13. The van der Waals surface area contributed by atoms with Crippen molar-refractivity contribution in [2.45, 2.75) is 18.9 Å². The SMILES string of the molecule is COc1ccc(CCC(=O)NC(c2ccccc2)c2ccccn2)cc1F. The zero-order valence-corrected chi connectivity index (χ0v) is 15.1. The first kappa shape index (κ1) is 18.6. The first-order chi connectivity index (χ1) is 13.2. The first-order valence-electron chi connectivity index (χ1n) is 8.75. The van der Waals surface area contributed by atoms with Gasteiger partial charge in [0.1, 0.15) is 0 Å². The van der Waals surface area contributed by atoms with Crippen LogP contribution in [-0.2, 0) is 11.2 Å². The van der Waals surface area contributed by atoms with Crippen LogP contribution in [0.25, 0.3) is 0 Å². The smallest absolute Gasteiger partial charge is 0.221 e. The van der Waals surface area contributed by atoms with Gasteiger partial charge < -0.3 is 10.1 Å². The Morgan fingerprint density at radius 1 is 1.11 bits per heavy atom. The molecule has 0 aliphatic heterocycles. The molecule has 0 bridgehead atoms. The number of benzene rings is 2. The van der Waals surface area contributed by atoms with Gasteiger partial charge in [0.25, 0.3) is 0 Å². The molecular formula is C22H21FN2O2. The van der Waals surface area contributed by atoms with Crippen LogP contribution in [0, 0.1) is 5.82 Å². The lowest BCUT2D eigenvalue weighted by Gasteiger charge is -2.19. The van der Waals surface area contributed by atoms with Crippen molar-refractivity contribution in [1.29, 1.82) is 0 Å². The van der Waals surface area contributed by atoms with Gasteiger partial charge in [-0.2, -0.15) is 0 Å². The maximum absolute atomic E-state index is 13.8. The number of nitrogens with one attached hydrogen (secondary N) is 1. The predicted molar refractivity (Wildman–Crippen MR) is 102 cm³/mol. The number of methoxy groups -OCH3 is 1. The fraction of sp³-hybridized carbons (Fsp3) is 0.182. The van der Waals surface area contributed by atoms with Crippen LogP contribution in [0.15, 0.2) is 72.9 Å². The molecule has 1 amide bonds. The normalized spacial score (nSPS) is 11.6. The first-order valence-corrected chi connectivity index (χ1v) is 8.75. The molecular weight excluding hydrogens is 343 g/mol. The van der Waals surface area contributed by atoms with Crippen LogP contribution in [0.4, 0.5) is 4.39 Å². The second kappa shape index (κ2) is 8.94. The van der Waals surface area contributed by atoms with Crippen LogP contribution in [-0.4, -0.2) is 18.0 Å². The molecule has 0 spiro atoms. The summed E-state index contributed by atoms with van der Waals surface area (Å²) in [5.41, 5.74) is 2.48. The molecule has 0 aliphatic rings. The highest BCUT2D eigenvalue weighted by atomic mass is 19.1. The van der Waals surface area contributed by atoms with E-state index in [1.54, 1.807) is 18.3 Å². The highest BCUT2D eigenvalue weighted by molar-refractivity contribution is 5.77. The van der Waals surface area contributed by atoms with Crippen LogP contribution in [0.2, 0.25) is 0 Å². The van der Waals surface area contributed by atoms with Gasteiger partial charge in [-0.3, -0.25) is 9.78 Å². The van der Waals surface area contributed by atoms with E-state index in [2.05, 4.69) is 10.3 Å². The van der Waals surface area contributed by atoms with E-state index in [9.17, 15) is 9.18 Å². The molecule has 3 aromatic rings. The number of hydrogen-bond donors (Lipinski definition) is 1. The predicted octanol–water partition coefficient (Wildman–Crippen LogP) is 4.07. The number of carbonyl (C=O) groups is 1. The Hall–Kier alpha value is -3.21. The minimum absolute atomic E-state index is 0.120. The molecule has 0 aliphatic carbocycles. The fourth-order valence-corrected chi connectivity index (χ4v) is 2.88. The van der Waals surface area contributed by atoms with Crippen molar-refractivity contribution < 1.29 is 13.9 Å². The van der Waals surface area contributed by atoms with Gasteiger partial charge in [-0.05, 0) is 41.8 Å². The quantitative estimate of drug-likeness (QED) is 0.688. The average Bonchev–Trinajstić information content (AvgIpc) is 2.72. The van der Waals surface area contributed by atoms with Crippen molar-refractivity contribution in [1.82, 2.24) is 10.3 Å².